The Bertz CT molecular complexity index is 814. The minimum Gasteiger partial charge on any atom is -0.308 e. The predicted molar refractivity (Wildman–Crippen MR) is 105 cm³/mol. The van der Waals surface area contributed by atoms with Gasteiger partial charge in [0.05, 0.1) is 21.0 Å². The van der Waals surface area contributed by atoms with Gasteiger partial charge in [-0.2, -0.15) is 0 Å². The molecule has 1 amide bonds. The molecule has 1 unspecified atom stereocenters. The molecule has 2 heterocycles. The maximum atomic E-state index is 12.3. The summed E-state index contributed by atoms with van der Waals surface area (Å²) in [7, 11) is 0. The number of aromatic nitrogens is 1. The van der Waals surface area contributed by atoms with Gasteiger partial charge in [-0.05, 0) is 24.6 Å². The second-order valence-electron chi connectivity index (χ2n) is 5.03. The molecule has 0 saturated heterocycles. The number of halogens is 2. The first kappa shape index (κ1) is 17.6. The van der Waals surface area contributed by atoms with Crippen LogP contribution in [0.5, 0.6) is 0 Å². The van der Waals surface area contributed by atoms with Crippen LogP contribution in [0, 0.1) is 0 Å². The number of pyridine rings is 1. The molecule has 1 atom stereocenters. The van der Waals surface area contributed by atoms with Crippen molar-refractivity contribution in [3.05, 3.63) is 52.1 Å². The molecule has 2 aromatic rings. The van der Waals surface area contributed by atoms with E-state index in [2.05, 4.69) is 21.4 Å². The summed E-state index contributed by atoms with van der Waals surface area (Å²) in [6, 6.07) is 9.56. The number of carbonyl (C=O) groups excluding carboxylic acids is 1. The molecule has 1 aromatic heterocycles. The summed E-state index contributed by atoms with van der Waals surface area (Å²) in [6.45, 7) is 1.83. The molecular formula is C16H13Cl2N3OS2. The number of hydrogen-bond donors (Lipinski definition) is 1. The fourth-order valence-electron chi connectivity index (χ4n) is 2.00. The Morgan fingerprint density at radius 3 is 2.96 bits per heavy atom. The number of nitrogens with zero attached hydrogens (tertiary/aromatic N) is 2. The van der Waals surface area contributed by atoms with Crippen molar-refractivity contribution < 1.29 is 4.79 Å². The first-order valence-corrected chi connectivity index (χ1v) is 9.73. The summed E-state index contributed by atoms with van der Waals surface area (Å²) in [5.41, 5.74) is 2.18. The number of hydrogen-bond acceptors (Lipinski definition) is 5. The Hall–Kier alpha value is -1.21. The lowest BCUT2D eigenvalue weighted by molar-refractivity contribution is -0.115. The van der Waals surface area contributed by atoms with Crippen LogP contribution in [0.2, 0.25) is 10.0 Å². The van der Waals surface area contributed by atoms with Gasteiger partial charge in [0.2, 0.25) is 5.91 Å². The average Bonchev–Trinajstić information content (AvgIpc) is 2.57. The Kier molecular flexibility index (Phi) is 5.71. The second kappa shape index (κ2) is 7.78. The third-order valence-electron chi connectivity index (χ3n) is 3.25. The number of thioether (sulfide) groups is 2. The fraction of sp³-hybridized carbons (Fsp3) is 0.188. The molecule has 1 N–H and O–H groups in total. The van der Waals surface area contributed by atoms with E-state index in [1.54, 1.807) is 17.8 Å². The smallest absolute Gasteiger partial charge is 0.238 e. The number of amides is 1. The molecule has 1 aliphatic heterocycles. The average molecular weight is 398 g/mol. The molecule has 0 spiro atoms. The van der Waals surface area contributed by atoms with Gasteiger partial charge in [-0.3, -0.25) is 4.79 Å². The third kappa shape index (κ3) is 4.25. The zero-order valence-corrected chi connectivity index (χ0v) is 15.8. The van der Waals surface area contributed by atoms with Crippen LogP contribution in [0.25, 0.3) is 0 Å². The molecule has 0 radical (unpaired) electrons. The Balaban J connectivity index is 1.66. The molecule has 24 heavy (non-hydrogen) atoms. The molecule has 0 bridgehead atoms. The van der Waals surface area contributed by atoms with Gasteiger partial charge < -0.3 is 5.32 Å². The lowest BCUT2D eigenvalue weighted by atomic mass is 10.2. The highest BCUT2D eigenvalue weighted by Gasteiger charge is 2.21. The number of anilines is 1. The second-order valence-corrected chi connectivity index (χ2v) is 8.42. The number of aliphatic imine (C=N–C) groups is 1. The molecular weight excluding hydrogens is 385 g/mol. The molecule has 1 aliphatic rings. The Morgan fingerprint density at radius 2 is 2.17 bits per heavy atom. The van der Waals surface area contributed by atoms with Crippen molar-refractivity contribution in [2.45, 2.75) is 17.9 Å². The van der Waals surface area contributed by atoms with Gasteiger partial charge in [0, 0.05) is 11.9 Å². The quantitative estimate of drug-likeness (QED) is 0.754. The lowest BCUT2D eigenvalue weighted by Crippen LogP contribution is -2.24. The van der Waals surface area contributed by atoms with Gasteiger partial charge in [-0.25, -0.2) is 9.98 Å². The van der Waals surface area contributed by atoms with Crippen LogP contribution in [0.15, 0.2) is 41.5 Å². The van der Waals surface area contributed by atoms with Gasteiger partial charge in [-0.15, -0.1) is 0 Å². The predicted octanol–water partition coefficient (Wildman–Crippen LogP) is 5.38. The van der Waals surface area contributed by atoms with Crippen molar-refractivity contribution in [2.24, 2.45) is 4.99 Å². The van der Waals surface area contributed by atoms with Gasteiger partial charge in [-0.1, -0.05) is 64.9 Å². The van der Waals surface area contributed by atoms with Crippen LogP contribution in [-0.4, -0.2) is 20.5 Å². The van der Waals surface area contributed by atoms with Crippen molar-refractivity contribution in [3.63, 3.8) is 0 Å². The van der Waals surface area contributed by atoms with Crippen LogP contribution in [0.3, 0.4) is 0 Å². The van der Waals surface area contributed by atoms with Crippen molar-refractivity contribution in [1.29, 1.82) is 0 Å². The van der Waals surface area contributed by atoms with E-state index in [0.717, 1.165) is 15.8 Å². The number of carbonyl (C=O) groups is 1. The molecule has 0 aliphatic carbocycles. The highest BCUT2D eigenvalue weighted by atomic mass is 35.5. The molecule has 0 fully saturated rings. The molecule has 124 valence electrons. The van der Waals surface area contributed by atoms with Crippen LogP contribution in [0.4, 0.5) is 11.5 Å². The standard InChI is InChI=1S/C16H13Cl2N3OS2/c1-9(15(22)21-14-12(18)6-11(17)7-19-14)24-16-20-13-5-3-2-4-10(13)8-23-16/h2-7,9H,8H2,1H3,(H,19,21,22). The molecule has 0 saturated carbocycles. The van der Waals surface area contributed by atoms with E-state index in [1.807, 2.05) is 25.1 Å². The van der Waals surface area contributed by atoms with E-state index < -0.39 is 0 Å². The fourth-order valence-corrected chi connectivity index (χ4v) is 4.62. The summed E-state index contributed by atoms with van der Waals surface area (Å²) in [5, 5.41) is 3.13. The summed E-state index contributed by atoms with van der Waals surface area (Å²) < 4.78 is 0.881. The largest absolute Gasteiger partial charge is 0.308 e. The van der Waals surface area contributed by atoms with Gasteiger partial charge >= 0.3 is 0 Å². The zero-order valence-electron chi connectivity index (χ0n) is 12.6. The van der Waals surface area contributed by atoms with Crippen LogP contribution >= 0.6 is 46.7 Å². The van der Waals surface area contributed by atoms with E-state index >= 15 is 0 Å². The number of para-hydroxylation sites is 1. The third-order valence-corrected chi connectivity index (χ3v) is 6.04. The normalized spacial score (nSPS) is 14.5. The summed E-state index contributed by atoms with van der Waals surface area (Å²) in [4.78, 5) is 21.0. The first-order chi connectivity index (χ1) is 11.5. The number of benzene rings is 1. The van der Waals surface area contributed by atoms with Crippen molar-refractivity contribution in [3.8, 4) is 0 Å². The van der Waals surface area contributed by atoms with E-state index in [4.69, 9.17) is 23.2 Å². The molecule has 8 heteroatoms. The van der Waals surface area contributed by atoms with E-state index in [9.17, 15) is 4.79 Å². The van der Waals surface area contributed by atoms with Crippen molar-refractivity contribution >= 4 is 68.5 Å². The van der Waals surface area contributed by atoms with Crippen molar-refractivity contribution in [2.75, 3.05) is 5.32 Å². The lowest BCUT2D eigenvalue weighted by Gasteiger charge is -2.17. The summed E-state index contributed by atoms with van der Waals surface area (Å²) in [6.07, 6.45) is 1.44. The molecule has 3 rings (SSSR count). The minimum atomic E-state index is -0.324. The Morgan fingerprint density at radius 1 is 1.38 bits per heavy atom. The van der Waals surface area contributed by atoms with E-state index in [0.29, 0.717) is 15.9 Å². The first-order valence-electron chi connectivity index (χ1n) is 7.11. The maximum absolute atomic E-state index is 12.3. The number of fused-ring (bicyclic) bond motifs is 1. The van der Waals surface area contributed by atoms with Gasteiger partial charge in [0.25, 0.3) is 0 Å². The van der Waals surface area contributed by atoms with Crippen LogP contribution in [0.1, 0.15) is 12.5 Å². The number of rotatable bonds is 3. The Labute approximate surface area is 158 Å². The molecule has 1 aromatic carbocycles. The highest BCUT2D eigenvalue weighted by Crippen LogP contribution is 2.36. The summed E-state index contributed by atoms with van der Waals surface area (Å²) >= 11 is 14.9. The van der Waals surface area contributed by atoms with Gasteiger partial charge in [0.15, 0.2) is 5.82 Å². The molecule has 4 nitrogen and oxygen atoms in total. The monoisotopic (exact) mass is 397 g/mol. The summed E-state index contributed by atoms with van der Waals surface area (Å²) in [5.74, 6) is 0.988. The van der Waals surface area contributed by atoms with Gasteiger partial charge in [0.1, 0.15) is 4.38 Å². The topological polar surface area (TPSA) is 54.4 Å². The number of nitrogens with one attached hydrogen (secondary N) is 1. The maximum Gasteiger partial charge on any atom is 0.238 e. The SMILES string of the molecule is CC(SC1=Nc2ccccc2CS1)C(=O)Nc1ncc(Cl)cc1Cl. The van der Waals surface area contributed by atoms with E-state index in [-0.39, 0.29) is 11.2 Å². The van der Waals surface area contributed by atoms with Crippen molar-refractivity contribution in [1.82, 2.24) is 4.98 Å². The van der Waals surface area contributed by atoms with Crippen LogP contribution < -0.4 is 5.32 Å². The minimum absolute atomic E-state index is 0.182. The van der Waals surface area contributed by atoms with Crippen LogP contribution in [-0.2, 0) is 10.5 Å². The highest BCUT2D eigenvalue weighted by molar-refractivity contribution is 8.39. The zero-order chi connectivity index (χ0) is 17.1. The van der Waals surface area contributed by atoms with E-state index in [1.165, 1.54) is 23.5 Å².